The van der Waals surface area contributed by atoms with Crippen molar-refractivity contribution < 1.29 is 0 Å². The van der Waals surface area contributed by atoms with E-state index in [0.717, 1.165) is 50.1 Å². The molecule has 0 radical (unpaired) electrons. The molecule has 7 nitrogen and oxygen atoms in total. The zero-order valence-corrected chi connectivity index (χ0v) is 15.4. The van der Waals surface area contributed by atoms with Crippen molar-refractivity contribution >= 4 is 12.3 Å². The first-order chi connectivity index (χ1) is 12.1. The summed E-state index contributed by atoms with van der Waals surface area (Å²) in [6, 6.07) is 0.155. The lowest BCUT2D eigenvalue weighted by Gasteiger charge is -2.34. The molecule has 0 spiro atoms. The van der Waals surface area contributed by atoms with Crippen LogP contribution in [-0.2, 0) is 0 Å². The molecule has 3 aliphatic heterocycles. The minimum Gasteiger partial charge on any atom is -0.369 e. The summed E-state index contributed by atoms with van der Waals surface area (Å²) in [6.07, 6.45) is 8.00. The second kappa shape index (κ2) is 7.74. The second-order valence-electron chi connectivity index (χ2n) is 6.71. The molecule has 136 valence electrons. The van der Waals surface area contributed by atoms with Crippen LogP contribution in [0.2, 0.25) is 0 Å². The van der Waals surface area contributed by atoms with Crippen LogP contribution in [0.4, 0.5) is 0 Å². The number of nitrogens with one attached hydrogen (secondary N) is 2. The Kier molecular flexibility index (Phi) is 5.43. The first-order valence-corrected chi connectivity index (χ1v) is 8.98. The maximum Gasteiger partial charge on any atom is 0.198 e. The summed E-state index contributed by atoms with van der Waals surface area (Å²) in [4.78, 5) is 15.9. The smallest absolute Gasteiger partial charge is 0.198 e. The van der Waals surface area contributed by atoms with E-state index in [1.165, 1.54) is 0 Å². The number of hydrogen-bond donors (Lipinski definition) is 2. The Morgan fingerprint density at radius 1 is 1.44 bits per heavy atom. The lowest BCUT2D eigenvalue weighted by atomic mass is 10.2. The van der Waals surface area contributed by atoms with E-state index in [0.29, 0.717) is 0 Å². The van der Waals surface area contributed by atoms with Crippen LogP contribution in [0.1, 0.15) is 13.8 Å². The van der Waals surface area contributed by atoms with Gasteiger partial charge in [0.05, 0.1) is 6.34 Å². The van der Waals surface area contributed by atoms with Gasteiger partial charge in [0.2, 0.25) is 0 Å². The van der Waals surface area contributed by atoms with Crippen LogP contribution < -0.4 is 10.6 Å². The number of nitrogens with zero attached hydrogens (tertiary/aromatic N) is 5. The second-order valence-corrected chi connectivity index (χ2v) is 6.71. The summed E-state index contributed by atoms with van der Waals surface area (Å²) in [5.74, 6) is 0.778. The third-order valence-electron chi connectivity index (χ3n) is 4.76. The summed E-state index contributed by atoms with van der Waals surface area (Å²) >= 11 is 0. The van der Waals surface area contributed by atoms with Gasteiger partial charge in [0, 0.05) is 50.7 Å². The van der Waals surface area contributed by atoms with Crippen molar-refractivity contribution in [1.82, 2.24) is 25.3 Å². The quantitative estimate of drug-likeness (QED) is 0.722. The molecule has 25 heavy (non-hydrogen) atoms. The fraction of sp³-hybridized carbons (Fsp3) is 0.556. The van der Waals surface area contributed by atoms with Crippen LogP contribution in [0, 0.1) is 0 Å². The summed E-state index contributed by atoms with van der Waals surface area (Å²) in [6.45, 7) is 13.6. The predicted molar refractivity (Wildman–Crippen MR) is 103 cm³/mol. The SMILES string of the molecule is C=C(/C=C\C(C)NC1=NC2C(=CN1)N=CN2CC)N1CCN(C)CC1. The van der Waals surface area contributed by atoms with Gasteiger partial charge in [-0.2, -0.15) is 0 Å². The topological polar surface area (TPSA) is 58.5 Å². The highest BCUT2D eigenvalue weighted by Gasteiger charge is 2.27. The van der Waals surface area contributed by atoms with E-state index >= 15 is 0 Å². The number of hydrogen-bond acceptors (Lipinski definition) is 7. The Balaban J connectivity index is 1.51. The van der Waals surface area contributed by atoms with Crippen molar-refractivity contribution in [2.75, 3.05) is 39.8 Å². The molecule has 0 aromatic carbocycles. The van der Waals surface area contributed by atoms with E-state index in [1.807, 2.05) is 12.5 Å². The minimum absolute atomic E-state index is 0.00904. The maximum atomic E-state index is 4.72. The Morgan fingerprint density at radius 3 is 2.92 bits per heavy atom. The number of rotatable bonds is 5. The summed E-state index contributed by atoms with van der Waals surface area (Å²) in [7, 11) is 2.16. The molecule has 3 heterocycles. The van der Waals surface area contributed by atoms with Gasteiger partial charge in [-0.25, -0.2) is 9.98 Å². The normalized spacial score (nSPS) is 24.7. The van der Waals surface area contributed by atoms with Crippen LogP contribution in [0.3, 0.4) is 0 Å². The standard InChI is InChI=1S/C18H29N7/c1-5-24-13-20-16-12-19-18(22-17(16)24)21-14(2)6-7-15(3)25-10-8-23(4)9-11-25/h6-7,12-14,17H,3,5,8-11H2,1-2,4H3,(H2,19,21,22)/b7-6-. The summed E-state index contributed by atoms with van der Waals surface area (Å²) in [5, 5.41) is 6.58. The first-order valence-electron chi connectivity index (χ1n) is 8.98. The van der Waals surface area contributed by atoms with Gasteiger partial charge in [0.25, 0.3) is 0 Å². The van der Waals surface area contributed by atoms with E-state index in [4.69, 9.17) is 4.99 Å². The van der Waals surface area contributed by atoms with Gasteiger partial charge in [0.15, 0.2) is 12.1 Å². The highest BCUT2D eigenvalue weighted by molar-refractivity contribution is 5.83. The average molecular weight is 343 g/mol. The molecule has 0 aromatic rings. The van der Waals surface area contributed by atoms with Gasteiger partial charge < -0.3 is 25.3 Å². The van der Waals surface area contributed by atoms with Crippen LogP contribution in [0.5, 0.6) is 0 Å². The number of allylic oxidation sites excluding steroid dienone is 1. The van der Waals surface area contributed by atoms with Crippen LogP contribution >= 0.6 is 0 Å². The number of likely N-dealkylation sites (N-methyl/N-ethyl adjacent to an activating group) is 2. The predicted octanol–water partition coefficient (Wildman–Crippen LogP) is 0.772. The molecule has 2 N–H and O–H groups in total. The molecular weight excluding hydrogens is 314 g/mol. The Morgan fingerprint density at radius 2 is 2.20 bits per heavy atom. The highest BCUT2D eigenvalue weighted by Crippen LogP contribution is 2.19. The number of guanidine groups is 1. The molecular formula is C18H29N7. The van der Waals surface area contributed by atoms with Crippen molar-refractivity contribution in [3.8, 4) is 0 Å². The van der Waals surface area contributed by atoms with Crippen LogP contribution in [0.15, 0.2) is 46.3 Å². The molecule has 2 atom stereocenters. The van der Waals surface area contributed by atoms with E-state index in [1.54, 1.807) is 0 Å². The fourth-order valence-corrected chi connectivity index (χ4v) is 3.05. The maximum absolute atomic E-state index is 4.72. The number of piperazine rings is 1. The van der Waals surface area contributed by atoms with E-state index < -0.39 is 0 Å². The summed E-state index contributed by atoms with van der Waals surface area (Å²) < 4.78 is 0. The molecule has 3 aliphatic rings. The van der Waals surface area contributed by atoms with E-state index in [-0.39, 0.29) is 12.2 Å². The third kappa shape index (κ3) is 4.22. The molecule has 2 unspecified atom stereocenters. The number of fused-ring (bicyclic) bond motifs is 1. The zero-order chi connectivity index (χ0) is 17.8. The molecule has 0 amide bonds. The lowest BCUT2D eigenvalue weighted by molar-refractivity contribution is 0.190. The highest BCUT2D eigenvalue weighted by atomic mass is 15.4. The molecule has 1 saturated heterocycles. The largest absolute Gasteiger partial charge is 0.369 e. The number of aliphatic imine (C=N–C) groups is 2. The first kappa shape index (κ1) is 17.5. The van der Waals surface area contributed by atoms with Gasteiger partial charge in [-0.1, -0.05) is 12.7 Å². The monoisotopic (exact) mass is 343 g/mol. The molecule has 0 saturated carbocycles. The molecule has 0 aromatic heterocycles. The minimum atomic E-state index is -0.00904. The van der Waals surface area contributed by atoms with E-state index in [9.17, 15) is 0 Å². The van der Waals surface area contributed by atoms with Gasteiger partial charge >= 0.3 is 0 Å². The molecule has 0 aliphatic carbocycles. The Labute approximate surface area is 150 Å². The summed E-state index contributed by atoms with van der Waals surface area (Å²) in [5.41, 5.74) is 2.03. The van der Waals surface area contributed by atoms with Crippen molar-refractivity contribution in [3.63, 3.8) is 0 Å². The third-order valence-corrected chi connectivity index (χ3v) is 4.76. The van der Waals surface area contributed by atoms with E-state index in [2.05, 4.69) is 70.0 Å². The molecule has 7 heteroatoms. The van der Waals surface area contributed by atoms with Crippen LogP contribution in [0.25, 0.3) is 0 Å². The molecule has 0 bridgehead atoms. The van der Waals surface area contributed by atoms with Gasteiger partial charge in [0.1, 0.15) is 5.70 Å². The van der Waals surface area contributed by atoms with Crippen molar-refractivity contribution in [2.24, 2.45) is 9.98 Å². The molecule has 1 fully saturated rings. The van der Waals surface area contributed by atoms with Crippen molar-refractivity contribution in [3.05, 3.63) is 36.3 Å². The Bertz CT molecular complexity index is 611. The lowest BCUT2D eigenvalue weighted by Crippen LogP contribution is -2.45. The van der Waals surface area contributed by atoms with Crippen molar-refractivity contribution in [1.29, 1.82) is 0 Å². The van der Waals surface area contributed by atoms with Gasteiger partial charge in [-0.3, -0.25) is 0 Å². The zero-order valence-electron chi connectivity index (χ0n) is 15.4. The average Bonchev–Trinajstić information content (AvgIpc) is 3.02. The van der Waals surface area contributed by atoms with Gasteiger partial charge in [-0.15, -0.1) is 0 Å². The van der Waals surface area contributed by atoms with Crippen LogP contribution in [-0.4, -0.2) is 79.0 Å². The van der Waals surface area contributed by atoms with Gasteiger partial charge in [-0.05, 0) is 27.0 Å². The van der Waals surface area contributed by atoms with Crippen molar-refractivity contribution in [2.45, 2.75) is 26.1 Å². The Hall–Kier alpha value is -2.28. The fourth-order valence-electron chi connectivity index (χ4n) is 3.05. The molecule has 3 rings (SSSR count).